The van der Waals surface area contributed by atoms with Gasteiger partial charge in [0, 0.05) is 22.8 Å². The van der Waals surface area contributed by atoms with E-state index in [1.165, 1.54) is 0 Å². The minimum atomic E-state index is 0.500. The van der Waals surface area contributed by atoms with Gasteiger partial charge in [-0.15, -0.1) is 0 Å². The third kappa shape index (κ3) is 3.14. The third-order valence-electron chi connectivity index (χ3n) is 2.35. The molecule has 0 bridgehead atoms. The predicted octanol–water partition coefficient (Wildman–Crippen LogP) is 3.27. The van der Waals surface area contributed by atoms with Crippen LogP contribution < -0.4 is 0 Å². The third-order valence-corrected chi connectivity index (χ3v) is 2.85. The minimum absolute atomic E-state index is 0.500. The van der Waals surface area contributed by atoms with Crippen LogP contribution >= 0.6 is 15.9 Å². The number of hydrogen-bond donors (Lipinski definition) is 1. The van der Waals surface area contributed by atoms with E-state index in [1.54, 1.807) is 6.20 Å². The van der Waals surface area contributed by atoms with Crippen LogP contribution in [0.25, 0.3) is 0 Å². The molecule has 0 saturated carbocycles. The van der Waals surface area contributed by atoms with E-state index in [-0.39, 0.29) is 0 Å². The topological polar surface area (TPSA) is 45.5 Å². The van der Waals surface area contributed by atoms with Crippen molar-refractivity contribution in [2.24, 2.45) is 5.16 Å². The second-order valence-corrected chi connectivity index (χ2v) is 4.47. The summed E-state index contributed by atoms with van der Waals surface area (Å²) in [4.78, 5) is 4.23. The fraction of sp³-hybridized carbons (Fsp3) is 0.0769. The summed E-state index contributed by atoms with van der Waals surface area (Å²) in [6.45, 7) is 0. The maximum absolute atomic E-state index is 9.06. The first kappa shape index (κ1) is 11.8. The van der Waals surface area contributed by atoms with Gasteiger partial charge in [-0.05, 0) is 17.7 Å². The normalized spacial score (nSPS) is 11.5. The first-order valence-electron chi connectivity index (χ1n) is 5.16. The molecule has 0 unspecified atom stereocenters. The molecule has 1 aromatic carbocycles. The first-order valence-corrected chi connectivity index (χ1v) is 5.95. The standard InChI is InChI=1S/C13H11BrN2O/c14-11-6-7-15-12(8-11)9-13(16-17)10-4-2-1-3-5-10/h1-8,17H,9H2/b16-13+. The Balaban J connectivity index is 2.23. The Morgan fingerprint density at radius 3 is 2.65 bits per heavy atom. The molecule has 2 aromatic rings. The lowest BCUT2D eigenvalue weighted by Crippen LogP contribution is -2.06. The van der Waals surface area contributed by atoms with Crippen molar-refractivity contribution < 1.29 is 5.21 Å². The molecule has 0 radical (unpaired) electrons. The van der Waals surface area contributed by atoms with Gasteiger partial charge < -0.3 is 5.21 Å². The molecule has 1 aromatic heterocycles. The molecule has 0 aliphatic heterocycles. The van der Waals surface area contributed by atoms with Gasteiger partial charge >= 0.3 is 0 Å². The highest BCUT2D eigenvalue weighted by Gasteiger charge is 2.06. The fourth-order valence-corrected chi connectivity index (χ4v) is 1.93. The molecule has 86 valence electrons. The first-order chi connectivity index (χ1) is 8.29. The quantitative estimate of drug-likeness (QED) is 0.536. The molecule has 17 heavy (non-hydrogen) atoms. The lowest BCUT2D eigenvalue weighted by atomic mass is 10.1. The Hall–Kier alpha value is -1.68. The van der Waals surface area contributed by atoms with Gasteiger partial charge in [-0.25, -0.2) is 0 Å². The van der Waals surface area contributed by atoms with Gasteiger partial charge in [0.25, 0.3) is 0 Å². The lowest BCUT2D eigenvalue weighted by Gasteiger charge is -2.04. The molecule has 4 heteroatoms. The summed E-state index contributed by atoms with van der Waals surface area (Å²) < 4.78 is 0.966. The van der Waals surface area contributed by atoms with Crippen LogP contribution in [0.15, 0.2) is 58.3 Å². The van der Waals surface area contributed by atoms with Crippen molar-refractivity contribution in [2.45, 2.75) is 6.42 Å². The Labute approximate surface area is 108 Å². The summed E-state index contributed by atoms with van der Waals surface area (Å²) in [6.07, 6.45) is 2.22. The monoisotopic (exact) mass is 290 g/mol. The van der Waals surface area contributed by atoms with Gasteiger partial charge in [0.05, 0.1) is 5.71 Å². The molecule has 0 saturated heterocycles. The zero-order valence-electron chi connectivity index (χ0n) is 9.05. The zero-order valence-corrected chi connectivity index (χ0v) is 10.6. The SMILES string of the molecule is O/N=C(\Cc1cc(Br)ccn1)c1ccccc1. The Morgan fingerprint density at radius 2 is 2.00 bits per heavy atom. The molecular formula is C13H11BrN2O. The van der Waals surface area contributed by atoms with Crippen LogP contribution in [-0.4, -0.2) is 15.9 Å². The largest absolute Gasteiger partial charge is 0.411 e. The van der Waals surface area contributed by atoms with Crippen LogP contribution in [0.4, 0.5) is 0 Å². The van der Waals surface area contributed by atoms with Crippen molar-refractivity contribution in [1.29, 1.82) is 0 Å². The molecule has 0 amide bonds. The number of hydrogen-bond acceptors (Lipinski definition) is 3. The number of benzene rings is 1. The van der Waals surface area contributed by atoms with Gasteiger partial charge in [0.1, 0.15) is 0 Å². The summed E-state index contributed by atoms with van der Waals surface area (Å²) in [5, 5.41) is 12.4. The number of pyridine rings is 1. The number of halogens is 1. The van der Waals surface area contributed by atoms with Crippen molar-refractivity contribution in [3.8, 4) is 0 Å². The summed E-state index contributed by atoms with van der Waals surface area (Å²) in [7, 11) is 0. The van der Waals surface area contributed by atoms with E-state index in [1.807, 2.05) is 42.5 Å². The molecule has 3 nitrogen and oxygen atoms in total. The number of rotatable bonds is 3. The van der Waals surface area contributed by atoms with Crippen LogP contribution in [0, 0.1) is 0 Å². The van der Waals surface area contributed by atoms with Crippen LogP contribution in [0.3, 0.4) is 0 Å². The number of oxime groups is 1. The number of nitrogens with zero attached hydrogens (tertiary/aromatic N) is 2. The Morgan fingerprint density at radius 1 is 1.24 bits per heavy atom. The smallest absolute Gasteiger partial charge is 0.0927 e. The summed E-state index contributed by atoms with van der Waals surface area (Å²) in [5.41, 5.74) is 2.36. The molecule has 0 atom stereocenters. The lowest BCUT2D eigenvalue weighted by molar-refractivity contribution is 0.318. The molecule has 0 fully saturated rings. The average molecular weight is 291 g/mol. The van der Waals surface area contributed by atoms with E-state index in [2.05, 4.69) is 26.1 Å². The van der Waals surface area contributed by atoms with Gasteiger partial charge in [-0.2, -0.15) is 0 Å². The van der Waals surface area contributed by atoms with Crippen molar-refractivity contribution in [3.05, 3.63) is 64.4 Å². The summed E-state index contributed by atoms with van der Waals surface area (Å²) in [6, 6.07) is 13.3. The predicted molar refractivity (Wildman–Crippen MR) is 70.4 cm³/mol. The Kier molecular flexibility index (Phi) is 3.88. The number of aromatic nitrogens is 1. The molecule has 1 N–H and O–H groups in total. The van der Waals surface area contributed by atoms with E-state index in [4.69, 9.17) is 5.21 Å². The second kappa shape index (κ2) is 5.59. The van der Waals surface area contributed by atoms with Crippen molar-refractivity contribution in [1.82, 2.24) is 4.98 Å². The van der Waals surface area contributed by atoms with Crippen molar-refractivity contribution in [3.63, 3.8) is 0 Å². The van der Waals surface area contributed by atoms with Gasteiger partial charge in [-0.3, -0.25) is 4.98 Å². The van der Waals surface area contributed by atoms with E-state index < -0.39 is 0 Å². The Bertz CT molecular complexity index is 526. The maximum Gasteiger partial charge on any atom is 0.0927 e. The highest BCUT2D eigenvalue weighted by Crippen LogP contribution is 2.12. The van der Waals surface area contributed by atoms with E-state index in [0.29, 0.717) is 12.1 Å². The summed E-state index contributed by atoms with van der Waals surface area (Å²) >= 11 is 3.39. The van der Waals surface area contributed by atoms with Gasteiger partial charge in [0.2, 0.25) is 0 Å². The molecule has 0 aliphatic rings. The van der Waals surface area contributed by atoms with Crippen LogP contribution in [-0.2, 0) is 6.42 Å². The molecule has 0 spiro atoms. The van der Waals surface area contributed by atoms with Crippen LogP contribution in [0.2, 0.25) is 0 Å². The fourth-order valence-electron chi connectivity index (χ4n) is 1.54. The van der Waals surface area contributed by atoms with E-state index in [0.717, 1.165) is 15.7 Å². The van der Waals surface area contributed by atoms with E-state index in [9.17, 15) is 0 Å². The minimum Gasteiger partial charge on any atom is -0.411 e. The molecule has 0 aliphatic carbocycles. The van der Waals surface area contributed by atoms with Gasteiger partial charge in [0.15, 0.2) is 0 Å². The zero-order chi connectivity index (χ0) is 12.1. The average Bonchev–Trinajstić information content (AvgIpc) is 2.37. The molecule has 2 rings (SSSR count). The molecular weight excluding hydrogens is 280 g/mol. The van der Waals surface area contributed by atoms with E-state index >= 15 is 0 Å². The maximum atomic E-state index is 9.06. The van der Waals surface area contributed by atoms with Gasteiger partial charge in [-0.1, -0.05) is 51.4 Å². The van der Waals surface area contributed by atoms with Crippen molar-refractivity contribution >= 4 is 21.6 Å². The second-order valence-electron chi connectivity index (χ2n) is 3.55. The van der Waals surface area contributed by atoms with Crippen molar-refractivity contribution in [2.75, 3.05) is 0 Å². The summed E-state index contributed by atoms with van der Waals surface area (Å²) in [5.74, 6) is 0. The highest BCUT2D eigenvalue weighted by molar-refractivity contribution is 9.10. The molecule has 1 heterocycles. The highest BCUT2D eigenvalue weighted by atomic mass is 79.9. The van der Waals surface area contributed by atoms with Crippen LogP contribution in [0.5, 0.6) is 0 Å². The van der Waals surface area contributed by atoms with Crippen LogP contribution in [0.1, 0.15) is 11.3 Å².